The average molecular weight is 431 g/mol. The SMILES string of the molecule is Cc1ccccc1CC(=O)N(Cc1cccc(Br)c1)C(C)C(=O)NC(C)C. The molecule has 0 radical (unpaired) electrons. The molecule has 0 aliphatic rings. The van der Waals surface area contributed by atoms with E-state index in [1.165, 1.54) is 0 Å². The van der Waals surface area contributed by atoms with Gasteiger partial charge in [-0.25, -0.2) is 0 Å². The summed E-state index contributed by atoms with van der Waals surface area (Å²) < 4.78 is 0.950. The number of rotatable bonds is 7. The lowest BCUT2D eigenvalue weighted by Gasteiger charge is -2.29. The van der Waals surface area contributed by atoms with Crippen LogP contribution in [0.25, 0.3) is 0 Å². The summed E-state index contributed by atoms with van der Waals surface area (Å²) in [6.45, 7) is 8.00. The number of hydrogen-bond acceptors (Lipinski definition) is 2. The molecule has 1 N–H and O–H groups in total. The molecule has 0 spiro atoms. The Morgan fingerprint density at radius 3 is 2.41 bits per heavy atom. The van der Waals surface area contributed by atoms with Crippen molar-refractivity contribution in [3.8, 4) is 0 Å². The van der Waals surface area contributed by atoms with E-state index in [4.69, 9.17) is 0 Å². The van der Waals surface area contributed by atoms with Gasteiger partial charge in [-0.15, -0.1) is 0 Å². The van der Waals surface area contributed by atoms with Gasteiger partial charge in [-0.2, -0.15) is 0 Å². The lowest BCUT2D eigenvalue weighted by molar-refractivity contribution is -0.140. The Kier molecular flexibility index (Phi) is 7.60. The second kappa shape index (κ2) is 9.70. The van der Waals surface area contributed by atoms with Crippen molar-refractivity contribution in [3.05, 3.63) is 69.7 Å². The zero-order valence-corrected chi connectivity index (χ0v) is 17.9. The van der Waals surface area contributed by atoms with Crippen molar-refractivity contribution in [2.45, 2.75) is 52.7 Å². The summed E-state index contributed by atoms with van der Waals surface area (Å²) in [6, 6.07) is 15.1. The highest BCUT2D eigenvalue weighted by Gasteiger charge is 2.26. The summed E-state index contributed by atoms with van der Waals surface area (Å²) in [4.78, 5) is 27.3. The van der Waals surface area contributed by atoms with Crippen LogP contribution in [-0.2, 0) is 22.6 Å². The Bertz CT molecular complexity index is 804. The molecular formula is C22H27BrN2O2. The molecule has 0 saturated carbocycles. The van der Waals surface area contributed by atoms with Crippen molar-refractivity contribution in [2.75, 3.05) is 0 Å². The molecule has 27 heavy (non-hydrogen) atoms. The van der Waals surface area contributed by atoms with Crippen molar-refractivity contribution < 1.29 is 9.59 Å². The van der Waals surface area contributed by atoms with Crippen LogP contribution in [0, 0.1) is 6.92 Å². The van der Waals surface area contributed by atoms with Crippen LogP contribution < -0.4 is 5.32 Å². The van der Waals surface area contributed by atoms with Crippen LogP contribution in [0.15, 0.2) is 53.0 Å². The van der Waals surface area contributed by atoms with Crippen LogP contribution in [0.5, 0.6) is 0 Å². The predicted molar refractivity (Wildman–Crippen MR) is 112 cm³/mol. The predicted octanol–water partition coefficient (Wildman–Crippen LogP) is 4.24. The molecule has 2 amide bonds. The van der Waals surface area contributed by atoms with Gasteiger partial charge in [0.2, 0.25) is 11.8 Å². The third kappa shape index (κ3) is 6.21. The largest absolute Gasteiger partial charge is 0.352 e. The van der Waals surface area contributed by atoms with E-state index >= 15 is 0 Å². The van der Waals surface area contributed by atoms with Crippen LogP contribution >= 0.6 is 15.9 Å². The molecule has 2 aromatic carbocycles. The summed E-state index contributed by atoms with van der Waals surface area (Å²) in [6.07, 6.45) is 0.278. The minimum Gasteiger partial charge on any atom is -0.352 e. The molecule has 0 aliphatic carbocycles. The van der Waals surface area contributed by atoms with Gasteiger partial charge in [0.1, 0.15) is 6.04 Å². The van der Waals surface area contributed by atoms with Crippen molar-refractivity contribution in [3.63, 3.8) is 0 Å². The first-order valence-corrected chi connectivity index (χ1v) is 9.96. The fraction of sp³-hybridized carbons (Fsp3) is 0.364. The van der Waals surface area contributed by atoms with Gasteiger partial charge in [-0.05, 0) is 56.5 Å². The maximum absolute atomic E-state index is 13.1. The van der Waals surface area contributed by atoms with Crippen LogP contribution in [0.3, 0.4) is 0 Å². The van der Waals surface area contributed by atoms with Crippen LogP contribution in [0.4, 0.5) is 0 Å². The molecule has 0 fully saturated rings. The number of carbonyl (C=O) groups excluding carboxylic acids is 2. The van der Waals surface area contributed by atoms with Gasteiger partial charge in [0.15, 0.2) is 0 Å². The third-order valence-electron chi connectivity index (χ3n) is 4.44. The highest BCUT2D eigenvalue weighted by Crippen LogP contribution is 2.17. The minimum atomic E-state index is -0.553. The van der Waals surface area contributed by atoms with E-state index in [1.54, 1.807) is 11.8 Å². The van der Waals surface area contributed by atoms with Gasteiger partial charge in [0.25, 0.3) is 0 Å². The molecule has 1 unspecified atom stereocenters. The van der Waals surface area contributed by atoms with Crippen molar-refractivity contribution in [1.29, 1.82) is 0 Å². The van der Waals surface area contributed by atoms with Gasteiger partial charge in [-0.3, -0.25) is 9.59 Å². The molecule has 2 aromatic rings. The van der Waals surface area contributed by atoms with Crippen LogP contribution in [-0.4, -0.2) is 28.8 Å². The lowest BCUT2D eigenvalue weighted by Crippen LogP contribution is -2.49. The van der Waals surface area contributed by atoms with Gasteiger partial charge in [0, 0.05) is 17.1 Å². The standard InChI is InChI=1S/C22H27BrN2O2/c1-15(2)24-22(27)17(4)25(14-18-9-7-11-20(23)12-18)21(26)13-19-10-6-5-8-16(19)3/h5-12,15,17H,13-14H2,1-4H3,(H,24,27). The Hall–Kier alpha value is -2.14. The highest BCUT2D eigenvalue weighted by atomic mass is 79.9. The Labute approximate surface area is 170 Å². The van der Waals surface area contributed by atoms with E-state index in [0.717, 1.165) is 21.2 Å². The Morgan fingerprint density at radius 2 is 1.78 bits per heavy atom. The number of nitrogens with zero attached hydrogens (tertiary/aromatic N) is 1. The second-order valence-corrected chi connectivity index (χ2v) is 8.01. The van der Waals surface area contributed by atoms with Gasteiger partial charge in [0.05, 0.1) is 6.42 Å². The minimum absolute atomic E-state index is 0.0270. The van der Waals surface area contributed by atoms with E-state index in [1.807, 2.05) is 69.3 Å². The fourth-order valence-corrected chi connectivity index (χ4v) is 3.34. The summed E-state index contributed by atoms with van der Waals surface area (Å²) in [5.41, 5.74) is 3.04. The molecule has 0 bridgehead atoms. The Morgan fingerprint density at radius 1 is 1.07 bits per heavy atom. The van der Waals surface area contributed by atoms with E-state index in [9.17, 15) is 9.59 Å². The smallest absolute Gasteiger partial charge is 0.242 e. The maximum Gasteiger partial charge on any atom is 0.242 e. The molecular weight excluding hydrogens is 404 g/mol. The Balaban J connectivity index is 2.26. The normalized spacial score (nSPS) is 11.9. The lowest BCUT2D eigenvalue weighted by atomic mass is 10.0. The molecule has 5 heteroatoms. The summed E-state index contributed by atoms with van der Waals surface area (Å²) in [5.74, 6) is -0.200. The summed E-state index contributed by atoms with van der Waals surface area (Å²) in [7, 11) is 0. The number of carbonyl (C=O) groups is 2. The van der Waals surface area contributed by atoms with Crippen molar-refractivity contribution in [2.24, 2.45) is 0 Å². The van der Waals surface area contributed by atoms with E-state index < -0.39 is 6.04 Å². The first-order valence-electron chi connectivity index (χ1n) is 9.16. The van der Waals surface area contributed by atoms with Crippen molar-refractivity contribution in [1.82, 2.24) is 10.2 Å². The maximum atomic E-state index is 13.1. The van der Waals surface area contributed by atoms with Crippen LogP contribution in [0.2, 0.25) is 0 Å². The van der Waals surface area contributed by atoms with Crippen molar-refractivity contribution >= 4 is 27.7 Å². The molecule has 4 nitrogen and oxygen atoms in total. The molecule has 0 heterocycles. The molecule has 0 aliphatic heterocycles. The summed E-state index contributed by atoms with van der Waals surface area (Å²) in [5, 5.41) is 2.91. The van der Waals surface area contributed by atoms with Gasteiger partial charge >= 0.3 is 0 Å². The highest BCUT2D eigenvalue weighted by molar-refractivity contribution is 9.10. The molecule has 144 valence electrons. The molecule has 0 saturated heterocycles. The topological polar surface area (TPSA) is 49.4 Å². The molecule has 0 aromatic heterocycles. The first kappa shape index (κ1) is 21.2. The quantitative estimate of drug-likeness (QED) is 0.713. The monoisotopic (exact) mass is 430 g/mol. The second-order valence-electron chi connectivity index (χ2n) is 7.09. The average Bonchev–Trinajstić information content (AvgIpc) is 2.60. The third-order valence-corrected chi connectivity index (χ3v) is 4.94. The van der Waals surface area contributed by atoms with Crippen LogP contribution in [0.1, 0.15) is 37.5 Å². The number of hydrogen-bond donors (Lipinski definition) is 1. The molecule has 2 rings (SSSR count). The van der Waals surface area contributed by atoms with E-state index in [-0.39, 0.29) is 24.3 Å². The zero-order valence-electron chi connectivity index (χ0n) is 16.3. The first-order chi connectivity index (χ1) is 12.8. The van der Waals surface area contributed by atoms with E-state index in [2.05, 4.69) is 21.2 Å². The molecule has 1 atom stereocenters. The number of nitrogens with one attached hydrogen (secondary N) is 1. The summed E-state index contributed by atoms with van der Waals surface area (Å²) >= 11 is 3.47. The van der Waals surface area contributed by atoms with Gasteiger partial charge < -0.3 is 10.2 Å². The fourth-order valence-electron chi connectivity index (χ4n) is 2.89. The zero-order chi connectivity index (χ0) is 20.0. The number of aryl methyl sites for hydroxylation is 1. The van der Waals surface area contributed by atoms with E-state index in [0.29, 0.717) is 6.54 Å². The number of halogens is 1. The number of amides is 2. The number of benzene rings is 2. The van der Waals surface area contributed by atoms with Gasteiger partial charge in [-0.1, -0.05) is 52.3 Å².